The molecule has 0 heterocycles. The summed E-state index contributed by atoms with van der Waals surface area (Å²) in [6, 6.07) is 0. The first kappa shape index (κ1) is 80.5. The summed E-state index contributed by atoms with van der Waals surface area (Å²) in [7, 11) is -47.4. The van der Waals surface area contributed by atoms with E-state index in [1.165, 1.54) is 0 Å². The van der Waals surface area contributed by atoms with Crippen molar-refractivity contribution in [1.29, 1.82) is 0 Å². The average molecular weight is 1400 g/mol. The molecule has 18 nitrogen and oxygen atoms in total. The highest BCUT2D eigenvalue weighted by atomic mass is 28.5. The van der Waals surface area contributed by atoms with Crippen molar-refractivity contribution >= 4 is 164 Å². The van der Waals surface area contributed by atoms with Crippen LogP contribution in [-0.2, 0) is 70.0 Å². The van der Waals surface area contributed by atoms with Gasteiger partial charge in [-0.3, -0.25) is 0 Å². The van der Waals surface area contributed by atoms with E-state index in [2.05, 4.69) is 131 Å². The molecular formula is C38H118O18Si19. The van der Waals surface area contributed by atoms with Crippen molar-refractivity contribution in [1.82, 2.24) is 0 Å². The van der Waals surface area contributed by atoms with Gasteiger partial charge in [-0.2, -0.15) is 0 Å². The Morgan fingerprint density at radius 2 is 0.307 bits per heavy atom. The van der Waals surface area contributed by atoms with Crippen molar-refractivity contribution in [3.8, 4) is 0 Å². The van der Waals surface area contributed by atoms with Crippen LogP contribution in [0.3, 0.4) is 0 Å². The maximum atomic E-state index is 10.4. The second-order valence-corrected chi connectivity index (χ2v) is 92.6. The van der Waals surface area contributed by atoms with E-state index in [4.69, 9.17) is 70.0 Å². The van der Waals surface area contributed by atoms with Crippen LogP contribution in [0.1, 0.15) is 0 Å². The maximum Gasteiger partial charge on any atom is 0.320 e. The maximum absolute atomic E-state index is 10.4. The summed E-state index contributed by atoms with van der Waals surface area (Å²) in [5.41, 5.74) is 0. The van der Waals surface area contributed by atoms with E-state index in [1.54, 1.807) is 13.1 Å². The fourth-order valence-electron chi connectivity index (χ4n) is 10.4. The van der Waals surface area contributed by atoms with E-state index >= 15 is 0 Å². The minimum Gasteiger partial charge on any atom is -0.440 e. The zero-order valence-corrected chi connectivity index (χ0v) is 74.7. The third kappa shape index (κ3) is 40.4. The largest absolute Gasteiger partial charge is 0.440 e. The molecule has 0 aromatic rings. The molecule has 0 saturated carbocycles. The molecule has 75 heavy (non-hydrogen) atoms. The lowest BCUT2D eigenvalue weighted by Gasteiger charge is -2.45. The monoisotopic (exact) mass is 1390 g/mol. The molecule has 0 bridgehead atoms. The summed E-state index contributed by atoms with van der Waals surface area (Å²) in [5.74, 6) is 0. The topological polar surface area (TPSA) is 177 Å². The SMILES string of the molecule is C[SiH2]C.C[SiH](C)O[Si](C)(C)O[Si](C)(C)O[Si](C)(C)O[Si](C)(C)O[Si](C)(C)O[Si](C)(C)O[Si](C)(C)O[Si](C)(C)O[Si](C)(C)O[Si](C)(C)O[Si](C)(C)O[Si](C)(C)O[Si](C)(C)O[Si](C)(C)O[Si](C)(C)O[Si](C)(C)O[Si](C)(C)O. The molecule has 0 atom stereocenters. The third-order valence-electron chi connectivity index (χ3n) is 8.39. The molecular weight excluding hydrogens is 1280 g/mol. The van der Waals surface area contributed by atoms with E-state index in [0.717, 1.165) is 0 Å². The van der Waals surface area contributed by atoms with Gasteiger partial charge in [0.25, 0.3) is 0 Å². The predicted molar refractivity (Wildman–Crippen MR) is 357 cm³/mol. The van der Waals surface area contributed by atoms with Crippen LogP contribution in [0, 0.1) is 0 Å². The molecule has 454 valence electrons. The van der Waals surface area contributed by atoms with E-state index in [9.17, 15) is 4.80 Å². The van der Waals surface area contributed by atoms with Crippen molar-refractivity contribution in [3.05, 3.63) is 0 Å². The molecule has 0 aliphatic heterocycles. The number of hydrogen-bond donors (Lipinski definition) is 1. The molecule has 0 aromatic heterocycles. The van der Waals surface area contributed by atoms with E-state index in [1.807, 2.05) is 105 Å². The smallest absolute Gasteiger partial charge is 0.320 e. The average Bonchev–Trinajstić information content (AvgIpc) is 2.88. The Morgan fingerprint density at radius 1 is 0.213 bits per heavy atom. The Labute approximate surface area is 483 Å². The first-order valence-electron chi connectivity index (χ1n) is 26.8. The van der Waals surface area contributed by atoms with Gasteiger partial charge >= 0.3 is 146 Å². The lowest BCUT2D eigenvalue weighted by molar-refractivity contribution is 0.250. The third-order valence-corrected chi connectivity index (χ3v) is 75.5. The normalized spacial score (nSPS) is 15.7. The molecule has 0 aliphatic rings. The zero-order chi connectivity index (χ0) is 60.8. The Morgan fingerprint density at radius 3 is 0.400 bits per heavy atom. The molecule has 0 saturated heterocycles. The van der Waals surface area contributed by atoms with Gasteiger partial charge in [-0.05, 0) is 236 Å². The summed E-state index contributed by atoms with van der Waals surface area (Å²) in [5, 5.41) is 0. The molecule has 0 aliphatic carbocycles. The van der Waals surface area contributed by atoms with Crippen molar-refractivity contribution in [2.75, 3.05) is 0 Å². The van der Waals surface area contributed by atoms with E-state index in [-0.39, 0.29) is 0 Å². The van der Waals surface area contributed by atoms with Crippen molar-refractivity contribution in [3.63, 3.8) is 0 Å². The van der Waals surface area contributed by atoms with Crippen LogP contribution < -0.4 is 0 Å². The molecule has 0 fully saturated rings. The van der Waals surface area contributed by atoms with Gasteiger partial charge in [0.2, 0.25) is 0 Å². The molecule has 0 amide bonds. The molecule has 0 unspecified atom stereocenters. The van der Waals surface area contributed by atoms with E-state index in [0.29, 0.717) is 9.52 Å². The Balaban J connectivity index is 0. The molecule has 0 radical (unpaired) electrons. The Hall–Kier alpha value is 3.40. The fraction of sp³-hybridized carbons (Fsp3) is 1.00. The standard InChI is InChI=1S/C36H110O18Si18.C2H8Si/c1-55(2)38-57(5,6)40-59(9,10)42-61(13,14)44-63(17,18)46-65(21,22)48-67(25,26)50-69(29,30)52-71(33,34)54-72(35,36)53-70(31,32)51-68(27,28)49-66(23,24)47-64(19,20)45-62(15,16)43-60(11,12)41-58(7,8)39-56(3,4)37;1-3-2/h37,55H,1-36H3;3H2,1-2H3. The summed E-state index contributed by atoms with van der Waals surface area (Å²) < 4.78 is 114. The quantitative estimate of drug-likeness (QED) is 0.0601. The Bertz CT molecular complexity index is 1740. The second kappa shape index (κ2) is 28.3. The molecule has 0 spiro atoms. The van der Waals surface area contributed by atoms with Crippen LogP contribution >= 0.6 is 0 Å². The highest BCUT2D eigenvalue weighted by Crippen LogP contribution is 2.33. The van der Waals surface area contributed by atoms with Crippen LogP contribution in [0.25, 0.3) is 0 Å². The predicted octanol–water partition coefficient (Wildman–Crippen LogP) is 12.4. The molecule has 37 heteroatoms. The van der Waals surface area contributed by atoms with Gasteiger partial charge in [0.05, 0.1) is 0 Å². The molecule has 1 N–H and O–H groups in total. The van der Waals surface area contributed by atoms with Crippen LogP contribution in [0.5, 0.6) is 0 Å². The first-order valence-corrected chi connectivity index (χ1v) is 80.3. The van der Waals surface area contributed by atoms with Gasteiger partial charge in [0.15, 0.2) is 9.04 Å². The summed E-state index contributed by atoms with van der Waals surface area (Å²) >= 11 is 0. The minimum atomic E-state index is -2.84. The van der Waals surface area contributed by atoms with Crippen LogP contribution in [0.2, 0.25) is 249 Å². The van der Waals surface area contributed by atoms with Gasteiger partial charge < -0.3 is 74.8 Å². The summed E-state index contributed by atoms with van der Waals surface area (Å²) in [6.45, 7) is 77.7. The van der Waals surface area contributed by atoms with Gasteiger partial charge in [-0.1, -0.05) is 13.1 Å². The van der Waals surface area contributed by atoms with Gasteiger partial charge in [-0.25, -0.2) is 0 Å². The minimum absolute atomic E-state index is 0.417. The van der Waals surface area contributed by atoms with Crippen molar-refractivity contribution in [2.45, 2.75) is 249 Å². The van der Waals surface area contributed by atoms with Crippen molar-refractivity contribution < 1.29 is 74.8 Å². The van der Waals surface area contributed by atoms with Gasteiger partial charge in [-0.15, -0.1) is 0 Å². The second-order valence-electron chi connectivity index (χ2n) is 27.4. The van der Waals surface area contributed by atoms with Crippen LogP contribution in [0.4, 0.5) is 0 Å². The molecule has 0 aromatic carbocycles. The highest BCUT2D eigenvalue weighted by molar-refractivity contribution is 6.95. The van der Waals surface area contributed by atoms with Gasteiger partial charge in [0.1, 0.15) is 0 Å². The van der Waals surface area contributed by atoms with Crippen molar-refractivity contribution in [2.24, 2.45) is 0 Å². The fourth-order valence-corrected chi connectivity index (χ4v) is 99.5. The van der Waals surface area contributed by atoms with Crippen LogP contribution in [0.15, 0.2) is 0 Å². The van der Waals surface area contributed by atoms with E-state index < -0.39 is 155 Å². The van der Waals surface area contributed by atoms with Crippen LogP contribution in [-0.4, -0.2) is 169 Å². The molecule has 0 rings (SSSR count). The first-order chi connectivity index (χ1) is 32.1. The summed E-state index contributed by atoms with van der Waals surface area (Å²) in [6.07, 6.45) is 0. The number of rotatable bonds is 34. The number of hydrogen-bond acceptors (Lipinski definition) is 18. The summed E-state index contributed by atoms with van der Waals surface area (Å²) in [4.78, 5) is 10.4. The van der Waals surface area contributed by atoms with Gasteiger partial charge in [0, 0.05) is 9.52 Å². The highest BCUT2D eigenvalue weighted by Gasteiger charge is 2.53. The lowest BCUT2D eigenvalue weighted by Crippen LogP contribution is -2.63. The Kier molecular flexibility index (Phi) is 30.3. The lowest BCUT2D eigenvalue weighted by atomic mass is 11.9. The zero-order valence-electron chi connectivity index (χ0n) is 55.2.